The number of thioether (sulfide) groups is 1. The van der Waals surface area contributed by atoms with Gasteiger partial charge < -0.3 is 4.57 Å². The van der Waals surface area contributed by atoms with Crippen molar-refractivity contribution in [1.29, 1.82) is 0 Å². The SMILES string of the molecule is Cc1c(/C=C2\SC(=S)N(c3ccc(Br)c(Cl)c3)C2=O)c2ccccc2n1C. The van der Waals surface area contributed by atoms with Gasteiger partial charge >= 0.3 is 0 Å². The maximum Gasteiger partial charge on any atom is 0.270 e. The van der Waals surface area contributed by atoms with Gasteiger partial charge in [-0.2, -0.15) is 0 Å². The second kappa shape index (κ2) is 7.09. The summed E-state index contributed by atoms with van der Waals surface area (Å²) in [6, 6.07) is 13.6. The maximum atomic E-state index is 13.1. The number of thiocarbonyl (C=S) groups is 1. The molecule has 1 aromatic heterocycles. The number of para-hydroxylation sites is 1. The second-order valence-electron chi connectivity index (χ2n) is 6.19. The van der Waals surface area contributed by atoms with Gasteiger partial charge in [-0.1, -0.05) is 53.8 Å². The first-order valence-electron chi connectivity index (χ1n) is 8.15. The van der Waals surface area contributed by atoms with Crippen LogP contribution in [0.4, 0.5) is 5.69 Å². The number of aromatic nitrogens is 1. The Morgan fingerprint density at radius 3 is 2.70 bits per heavy atom. The van der Waals surface area contributed by atoms with Crippen molar-refractivity contribution >= 4 is 84.4 Å². The number of aryl methyl sites for hydroxylation is 1. The van der Waals surface area contributed by atoms with Gasteiger partial charge in [0.15, 0.2) is 4.32 Å². The molecule has 2 heterocycles. The molecular formula is C20H14BrClN2OS2. The first kappa shape index (κ1) is 18.7. The van der Waals surface area contributed by atoms with E-state index in [2.05, 4.69) is 39.6 Å². The third-order valence-corrected chi connectivity index (χ3v) is 7.21. The zero-order valence-corrected chi connectivity index (χ0v) is 18.5. The lowest BCUT2D eigenvalue weighted by molar-refractivity contribution is -0.113. The Morgan fingerprint density at radius 2 is 1.96 bits per heavy atom. The molecule has 1 saturated heterocycles. The number of amides is 1. The van der Waals surface area contributed by atoms with Gasteiger partial charge in [0.05, 0.1) is 15.6 Å². The molecular weight excluding hydrogens is 464 g/mol. The number of nitrogens with zero attached hydrogens (tertiary/aromatic N) is 2. The molecule has 2 aromatic carbocycles. The van der Waals surface area contributed by atoms with Crippen LogP contribution in [0.15, 0.2) is 51.8 Å². The highest BCUT2D eigenvalue weighted by molar-refractivity contribution is 9.10. The molecule has 0 bridgehead atoms. The predicted octanol–water partition coefficient (Wildman–Crippen LogP) is 6.31. The van der Waals surface area contributed by atoms with Crippen LogP contribution in [-0.4, -0.2) is 14.8 Å². The van der Waals surface area contributed by atoms with Crippen LogP contribution in [0.1, 0.15) is 11.3 Å². The van der Waals surface area contributed by atoms with Crippen LogP contribution in [0.5, 0.6) is 0 Å². The van der Waals surface area contributed by atoms with Gasteiger partial charge in [0.1, 0.15) is 0 Å². The zero-order valence-electron chi connectivity index (χ0n) is 14.5. The number of hydrogen-bond donors (Lipinski definition) is 0. The van der Waals surface area contributed by atoms with Crippen LogP contribution in [0.25, 0.3) is 17.0 Å². The average molecular weight is 478 g/mol. The molecule has 0 saturated carbocycles. The van der Waals surface area contributed by atoms with E-state index < -0.39 is 0 Å². The highest BCUT2D eigenvalue weighted by Gasteiger charge is 2.34. The van der Waals surface area contributed by atoms with Crippen molar-refractivity contribution in [2.75, 3.05) is 4.90 Å². The minimum Gasteiger partial charge on any atom is -0.347 e. The number of carbonyl (C=O) groups is 1. The summed E-state index contributed by atoms with van der Waals surface area (Å²) >= 11 is 16.3. The molecule has 27 heavy (non-hydrogen) atoms. The average Bonchev–Trinajstić information content (AvgIpc) is 3.06. The molecule has 3 aromatic rings. The number of rotatable bonds is 2. The molecule has 1 aliphatic rings. The highest BCUT2D eigenvalue weighted by atomic mass is 79.9. The van der Waals surface area contributed by atoms with Crippen molar-refractivity contribution in [2.24, 2.45) is 7.05 Å². The zero-order chi connectivity index (χ0) is 19.3. The van der Waals surface area contributed by atoms with Gasteiger partial charge in [0.25, 0.3) is 5.91 Å². The Bertz CT molecular complexity index is 1150. The van der Waals surface area contributed by atoms with E-state index >= 15 is 0 Å². The molecule has 4 rings (SSSR count). The lowest BCUT2D eigenvalue weighted by atomic mass is 10.1. The van der Waals surface area contributed by atoms with Crippen molar-refractivity contribution < 1.29 is 4.79 Å². The molecule has 1 amide bonds. The summed E-state index contributed by atoms with van der Waals surface area (Å²) in [7, 11) is 2.03. The molecule has 7 heteroatoms. The molecule has 0 aliphatic carbocycles. The topological polar surface area (TPSA) is 25.2 Å². The maximum absolute atomic E-state index is 13.1. The van der Waals surface area contributed by atoms with Gasteiger partial charge in [-0.15, -0.1) is 0 Å². The molecule has 0 unspecified atom stereocenters. The summed E-state index contributed by atoms with van der Waals surface area (Å²) in [5.74, 6) is -0.129. The van der Waals surface area contributed by atoms with E-state index in [1.54, 1.807) is 6.07 Å². The smallest absolute Gasteiger partial charge is 0.270 e. The minimum atomic E-state index is -0.129. The Hall–Kier alpha value is -1.60. The predicted molar refractivity (Wildman–Crippen MR) is 122 cm³/mol. The van der Waals surface area contributed by atoms with Gasteiger partial charge in [0, 0.05) is 33.7 Å². The van der Waals surface area contributed by atoms with Crippen LogP contribution >= 0.6 is 51.5 Å². The van der Waals surface area contributed by atoms with Gasteiger partial charge in [0.2, 0.25) is 0 Å². The number of benzene rings is 2. The van der Waals surface area contributed by atoms with E-state index in [4.69, 9.17) is 23.8 Å². The molecule has 0 N–H and O–H groups in total. The fraction of sp³-hybridized carbons (Fsp3) is 0.100. The lowest BCUT2D eigenvalue weighted by Crippen LogP contribution is -2.27. The molecule has 1 aliphatic heterocycles. The highest BCUT2D eigenvalue weighted by Crippen LogP contribution is 2.39. The van der Waals surface area contributed by atoms with Crippen LogP contribution in [0.3, 0.4) is 0 Å². The monoisotopic (exact) mass is 476 g/mol. The first-order chi connectivity index (χ1) is 12.9. The fourth-order valence-electron chi connectivity index (χ4n) is 3.18. The molecule has 0 spiro atoms. The fourth-order valence-corrected chi connectivity index (χ4v) is 4.88. The quantitative estimate of drug-likeness (QED) is 0.319. The third kappa shape index (κ3) is 3.14. The summed E-state index contributed by atoms with van der Waals surface area (Å²) in [6.45, 7) is 2.06. The minimum absolute atomic E-state index is 0.129. The summed E-state index contributed by atoms with van der Waals surface area (Å²) in [6.07, 6.45) is 1.94. The van der Waals surface area contributed by atoms with E-state index in [-0.39, 0.29) is 5.91 Å². The molecule has 136 valence electrons. The number of carbonyl (C=O) groups excluding carboxylic acids is 1. The summed E-state index contributed by atoms with van der Waals surface area (Å²) < 4.78 is 3.42. The van der Waals surface area contributed by atoms with Crippen LogP contribution in [-0.2, 0) is 11.8 Å². The van der Waals surface area contributed by atoms with Gasteiger partial charge in [-0.3, -0.25) is 9.69 Å². The van der Waals surface area contributed by atoms with E-state index in [1.165, 1.54) is 16.7 Å². The van der Waals surface area contributed by atoms with E-state index in [0.29, 0.717) is 19.9 Å². The summed E-state index contributed by atoms with van der Waals surface area (Å²) in [4.78, 5) is 15.2. The summed E-state index contributed by atoms with van der Waals surface area (Å²) in [5.41, 5.74) is 3.95. The third-order valence-electron chi connectivity index (χ3n) is 4.68. The Kier molecular flexibility index (Phi) is 4.93. The second-order valence-corrected chi connectivity index (χ2v) is 9.13. The largest absolute Gasteiger partial charge is 0.347 e. The molecule has 0 radical (unpaired) electrons. The van der Waals surface area contributed by atoms with E-state index in [9.17, 15) is 4.79 Å². The van der Waals surface area contributed by atoms with Crippen LogP contribution in [0, 0.1) is 6.92 Å². The standard InChI is InChI=1S/C20H14BrClN2OS2/c1-11-14(13-5-3-4-6-17(13)23(11)2)10-18-19(25)24(20(26)27-18)12-7-8-15(21)16(22)9-12/h3-10H,1-2H3/b18-10-. The Morgan fingerprint density at radius 1 is 1.22 bits per heavy atom. The number of halogens is 2. The van der Waals surface area contributed by atoms with Crippen molar-refractivity contribution in [3.05, 3.63) is 68.1 Å². The lowest BCUT2D eigenvalue weighted by Gasteiger charge is -2.15. The molecule has 3 nitrogen and oxygen atoms in total. The number of fused-ring (bicyclic) bond motifs is 1. The Balaban J connectivity index is 1.78. The van der Waals surface area contributed by atoms with Crippen LogP contribution < -0.4 is 4.90 Å². The van der Waals surface area contributed by atoms with Gasteiger partial charge in [-0.05, 0) is 53.2 Å². The normalized spacial score (nSPS) is 16.1. The number of hydrogen-bond acceptors (Lipinski definition) is 3. The number of anilines is 1. The first-order valence-corrected chi connectivity index (χ1v) is 10.5. The molecule has 0 atom stereocenters. The van der Waals surface area contributed by atoms with Crippen molar-refractivity contribution in [3.8, 4) is 0 Å². The van der Waals surface area contributed by atoms with Crippen LogP contribution in [0.2, 0.25) is 5.02 Å². The Labute approximate surface area is 180 Å². The molecule has 1 fully saturated rings. The summed E-state index contributed by atoms with van der Waals surface area (Å²) in [5, 5.41) is 1.66. The van der Waals surface area contributed by atoms with E-state index in [0.717, 1.165) is 26.6 Å². The van der Waals surface area contributed by atoms with Crippen molar-refractivity contribution in [2.45, 2.75) is 6.92 Å². The van der Waals surface area contributed by atoms with Crippen molar-refractivity contribution in [1.82, 2.24) is 4.57 Å². The van der Waals surface area contributed by atoms with Crippen molar-refractivity contribution in [3.63, 3.8) is 0 Å². The van der Waals surface area contributed by atoms with Gasteiger partial charge in [-0.25, -0.2) is 0 Å². The van der Waals surface area contributed by atoms with E-state index in [1.807, 2.05) is 37.4 Å².